The van der Waals surface area contributed by atoms with Gasteiger partial charge in [0.2, 0.25) is 0 Å². The molecule has 0 amide bonds. The van der Waals surface area contributed by atoms with Gasteiger partial charge in [-0.15, -0.1) is 0 Å². The van der Waals surface area contributed by atoms with E-state index in [1.807, 2.05) is 13.8 Å². The van der Waals surface area contributed by atoms with Crippen LogP contribution in [0.15, 0.2) is 0 Å². The van der Waals surface area contributed by atoms with E-state index >= 15 is 0 Å². The molecule has 0 spiro atoms. The second-order valence-electron chi connectivity index (χ2n) is 3.78. The van der Waals surface area contributed by atoms with Gasteiger partial charge in [-0.3, -0.25) is 4.79 Å². The predicted molar refractivity (Wildman–Crippen MR) is 53.6 cm³/mol. The van der Waals surface area contributed by atoms with Crippen LogP contribution < -0.4 is 5.32 Å². The number of carbonyl (C=O) groups is 1. The average molecular weight is 187 g/mol. The highest BCUT2D eigenvalue weighted by Gasteiger charge is 2.06. The zero-order valence-corrected chi connectivity index (χ0v) is 9.09. The minimum atomic E-state index is -0.107. The molecular weight excluding hydrogens is 166 g/mol. The highest BCUT2D eigenvalue weighted by molar-refractivity contribution is 5.71. The van der Waals surface area contributed by atoms with Gasteiger partial charge in [0.1, 0.15) is 0 Å². The fourth-order valence-electron chi connectivity index (χ4n) is 0.802. The molecule has 0 atom stereocenters. The molecular formula is C10H21NO2. The second kappa shape index (κ2) is 6.89. The Hall–Kier alpha value is -0.570. The van der Waals surface area contributed by atoms with Gasteiger partial charge in [-0.2, -0.15) is 0 Å². The molecule has 0 fully saturated rings. The largest absolute Gasteiger partial charge is 0.465 e. The van der Waals surface area contributed by atoms with Crippen LogP contribution in [0.25, 0.3) is 0 Å². The average Bonchev–Trinajstić information content (AvgIpc) is 2.02. The molecule has 13 heavy (non-hydrogen) atoms. The van der Waals surface area contributed by atoms with Crippen molar-refractivity contribution in [2.45, 2.75) is 40.2 Å². The second-order valence-corrected chi connectivity index (χ2v) is 3.78. The van der Waals surface area contributed by atoms with E-state index in [-0.39, 0.29) is 11.9 Å². The first-order chi connectivity index (χ1) is 6.04. The lowest BCUT2D eigenvalue weighted by molar-refractivity contribution is -0.147. The van der Waals surface area contributed by atoms with Crippen LogP contribution in [-0.4, -0.2) is 25.2 Å². The summed E-state index contributed by atoms with van der Waals surface area (Å²) in [4.78, 5) is 11.0. The Morgan fingerprint density at radius 2 is 1.92 bits per heavy atom. The summed E-state index contributed by atoms with van der Waals surface area (Å²) in [5.41, 5.74) is 0. The molecule has 3 heteroatoms. The Morgan fingerprint density at radius 1 is 1.31 bits per heavy atom. The van der Waals surface area contributed by atoms with Gasteiger partial charge in [0, 0.05) is 6.04 Å². The summed E-state index contributed by atoms with van der Waals surface area (Å²) in [5, 5.41) is 3.26. The molecule has 0 saturated carbocycles. The lowest BCUT2D eigenvalue weighted by atomic mass is 10.2. The summed E-state index contributed by atoms with van der Waals surface area (Å²) < 4.78 is 5.01. The quantitative estimate of drug-likeness (QED) is 0.507. The molecule has 0 aliphatic carbocycles. The number of nitrogens with one attached hydrogen (secondary N) is 1. The third-order valence-corrected chi connectivity index (χ3v) is 1.59. The molecule has 0 aromatic heterocycles. The van der Waals surface area contributed by atoms with Gasteiger partial charge in [0.15, 0.2) is 0 Å². The Kier molecular flexibility index (Phi) is 6.59. The van der Waals surface area contributed by atoms with E-state index in [0.717, 1.165) is 13.0 Å². The molecule has 0 aliphatic rings. The summed E-state index contributed by atoms with van der Waals surface area (Å²) in [6, 6.07) is 0.501. The van der Waals surface area contributed by atoms with Crippen molar-refractivity contribution in [3.63, 3.8) is 0 Å². The molecule has 0 unspecified atom stereocenters. The van der Waals surface area contributed by atoms with E-state index in [1.165, 1.54) is 0 Å². The van der Waals surface area contributed by atoms with Gasteiger partial charge in [-0.05, 0) is 13.0 Å². The maximum Gasteiger partial charge on any atom is 0.308 e. The van der Waals surface area contributed by atoms with Crippen molar-refractivity contribution in [1.82, 2.24) is 5.32 Å². The van der Waals surface area contributed by atoms with E-state index in [4.69, 9.17) is 4.74 Å². The van der Waals surface area contributed by atoms with Gasteiger partial charge in [-0.25, -0.2) is 0 Å². The van der Waals surface area contributed by atoms with Crippen molar-refractivity contribution < 1.29 is 9.53 Å². The van der Waals surface area contributed by atoms with Crippen molar-refractivity contribution in [1.29, 1.82) is 0 Å². The van der Waals surface area contributed by atoms with Crippen LogP contribution in [0, 0.1) is 5.92 Å². The minimum absolute atomic E-state index is 0.0157. The Bertz CT molecular complexity index is 144. The molecule has 1 N–H and O–H groups in total. The molecule has 3 nitrogen and oxygen atoms in total. The summed E-state index contributed by atoms with van der Waals surface area (Å²) in [6.45, 7) is 9.31. The lowest BCUT2D eigenvalue weighted by Gasteiger charge is -2.09. The maximum atomic E-state index is 11.0. The fraction of sp³-hybridized carbons (Fsp3) is 0.900. The number of ether oxygens (including phenoxy) is 1. The first kappa shape index (κ1) is 12.4. The van der Waals surface area contributed by atoms with Gasteiger partial charge in [0.25, 0.3) is 0 Å². The van der Waals surface area contributed by atoms with Gasteiger partial charge < -0.3 is 10.1 Å². The van der Waals surface area contributed by atoms with E-state index in [2.05, 4.69) is 19.2 Å². The zero-order chi connectivity index (χ0) is 10.3. The topological polar surface area (TPSA) is 38.3 Å². The third-order valence-electron chi connectivity index (χ3n) is 1.59. The number of hydrogen-bond donors (Lipinski definition) is 1. The molecule has 0 aromatic carbocycles. The predicted octanol–water partition coefficient (Wildman–Crippen LogP) is 1.57. The molecule has 0 heterocycles. The van der Waals surface area contributed by atoms with E-state index < -0.39 is 0 Å². The third kappa shape index (κ3) is 7.78. The van der Waals surface area contributed by atoms with Crippen LogP contribution in [-0.2, 0) is 9.53 Å². The lowest BCUT2D eigenvalue weighted by Crippen LogP contribution is -2.25. The monoisotopic (exact) mass is 187 g/mol. The van der Waals surface area contributed by atoms with Gasteiger partial charge >= 0.3 is 5.97 Å². The van der Waals surface area contributed by atoms with Crippen LogP contribution in [0.2, 0.25) is 0 Å². The Balaban J connectivity index is 3.21. The summed E-state index contributed by atoms with van der Waals surface area (Å²) in [6.07, 6.45) is 0.886. The number of rotatable bonds is 6. The molecule has 0 bridgehead atoms. The molecule has 0 aromatic rings. The van der Waals surface area contributed by atoms with E-state index in [0.29, 0.717) is 12.6 Å². The molecule has 0 rings (SSSR count). The van der Waals surface area contributed by atoms with E-state index in [9.17, 15) is 4.79 Å². The van der Waals surface area contributed by atoms with Gasteiger partial charge in [-0.1, -0.05) is 27.7 Å². The van der Waals surface area contributed by atoms with Crippen molar-refractivity contribution in [2.75, 3.05) is 13.2 Å². The van der Waals surface area contributed by atoms with Crippen LogP contribution in [0.1, 0.15) is 34.1 Å². The Labute approximate surface area is 80.8 Å². The first-order valence-corrected chi connectivity index (χ1v) is 4.94. The van der Waals surface area contributed by atoms with E-state index in [1.54, 1.807) is 0 Å². The summed E-state index contributed by atoms with van der Waals surface area (Å²) >= 11 is 0. The SMILES string of the molecule is CC(C)NCCCOC(=O)C(C)C. The van der Waals surface area contributed by atoms with Crippen molar-refractivity contribution in [3.8, 4) is 0 Å². The number of hydrogen-bond acceptors (Lipinski definition) is 3. The minimum Gasteiger partial charge on any atom is -0.465 e. The van der Waals surface area contributed by atoms with Crippen LogP contribution in [0.3, 0.4) is 0 Å². The number of carbonyl (C=O) groups excluding carboxylic acids is 1. The van der Waals surface area contributed by atoms with Crippen molar-refractivity contribution in [3.05, 3.63) is 0 Å². The first-order valence-electron chi connectivity index (χ1n) is 4.94. The highest BCUT2D eigenvalue weighted by Crippen LogP contribution is 1.96. The van der Waals surface area contributed by atoms with Gasteiger partial charge in [0.05, 0.1) is 12.5 Å². The molecule has 78 valence electrons. The Morgan fingerprint density at radius 3 is 2.38 bits per heavy atom. The molecule has 0 saturated heterocycles. The zero-order valence-electron chi connectivity index (χ0n) is 9.09. The fourth-order valence-corrected chi connectivity index (χ4v) is 0.802. The summed E-state index contributed by atoms with van der Waals surface area (Å²) in [7, 11) is 0. The standard InChI is InChI=1S/C10H21NO2/c1-8(2)10(12)13-7-5-6-11-9(3)4/h8-9,11H,5-7H2,1-4H3. The van der Waals surface area contributed by atoms with Crippen LogP contribution in [0.5, 0.6) is 0 Å². The van der Waals surface area contributed by atoms with Crippen molar-refractivity contribution >= 4 is 5.97 Å². The van der Waals surface area contributed by atoms with Crippen LogP contribution >= 0.6 is 0 Å². The van der Waals surface area contributed by atoms with Crippen molar-refractivity contribution in [2.24, 2.45) is 5.92 Å². The summed E-state index contributed by atoms with van der Waals surface area (Å²) in [5.74, 6) is -0.123. The smallest absolute Gasteiger partial charge is 0.308 e. The molecule has 0 aliphatic heterocycles. The highest BCUT2D eigenvalue weighted by atomic mass is 16.5. The number of esters is 1. The maximum absolute atomic E-state index is 11.0. The molecule has 0 radical (unpaired) electrons. The van der Waals surface area contributed by atoms with Crippen LogP contribution in [0.4, 0.5) is 0 Å². The normalized spacial score (nSPS) is 10.9.